The first-order valence-corrected chi connectivity index (χ1v) is 9.10. The number of aromatic nitrogens is 2. The minimum atomic E-state index is -4.33. The Balaban J connectivity index is 0.00000320. The van der Waals surface area contributed by atoms with Crippen molar-refractivity contribution in [3.05, 3.63) is 89.2 Å². The minimum Gasteiger partial charge on any atom is -0.352 e. The van der Waals surface area contributed by atoms with Gasteiger partial charge < -0.3 is 10.6 Å². The first-order chi connectivity index (χ1) is 14.0. The number of hydrogen-bond acceptors (Lipinski definition) is 2. The Morgan fingerprint density at radius 3 is 2.23 bits per heavy atom. The highest BCUT2D eigenvalue weighted by Gasteiger charge is 2.29. The molecule has 9 heteroatoms. The molecule has 160 valence electrons. The zero-order chi connectivity index (χ0) is 20.7. The monoisotopic (exact) mass is 529 g/mol. The Kier molecular flexibility index (Phi) is 8.70. The zero-order valence-corrected chi connectivity index (χ0v) is 18.7. The number of halogens is 4. The second-order valence-corrected chi connectivity index (χ2v) is 6.45. The lowest BCUT2D eigenvalue weighted by Gasteiger charge is -2.15. The number of rotatable bonds is 6. The van der Waals surface area contributed by atoms with Gasteiger partial charge in [0.2, 0.25) is 0 Å². The average molecular weight is 529 g/mol. The van der Waals surface area contributed by atoms with E-state index in [1.807, 2.05) is 35.1 Å². The first kappa shape index (κ1) is 23.7. The van der Waals surface area contributed by atoms with E-state index in [1.165, 1.54) is 12.1 Å². The van der Waals surface area contributed by atoms with E-state index in [9.17, 15) is 13.2 Å². The van der Waals surface area contributed by atoms with Gasteiger partial charge >= 0.3 is 6.18 Å². The van der Waals surface area contributed by atoms with Crippen molar-refractivity contribution < 1.29 is 13.2 Å². The molecule has 2 N–H and O–H groups in total. The van der Waals surface area contributed by atoms with Crippen LogP contribution in [0.15, 0.2) is 72.0 Å². The van der Waals surface area contributed by atoms with Crippen LogP contribution in [0.5, 0.6) is 0 Å². The van der Waals surface area contributed by atoms with E-state index in [0.717, 1.165) is 28.8 Å². The Labute approximate surface area is 190 Å². The van der Waals surface area contributed by atoms with Gasteiger partial charge in [0.05, 0.1) is 12.1 Å². The fraction of sp³-hybridized carbons (Fsp3) is 0.238. The van der Waals surface area contributed by atoms with Gasteiger partial charge in [0.15, 0.2) is 5.96 Å². The molecule has 0 unspecified atom stereocenters. The Hall–Kier alpha value is -2.56. The molecule has 0 aliphatic carbocycles. The number of aliphatic imine (C=N–C) groups is 1. The van der Waals surface area contributed by atoms with Gasteiger partial charge in [-0.2, -0.15) is 18.3 Å². The van der Waals surface area contributed by atoms with Gasteiger partial charge in [-0.05, 0) is 34.9 Å². The third kappa shape index (κ3) is 6.75. The van der Waals surface area contributed by atoms with E-state index in [1.54, 1.807) is 13.2 Å². The summed E-state index contributed by atoms with van der Waals surface area (Å²) in [6.45, 7) is 1.60. The molecule has 0 aliphatic rings. The number of alkyl halides is 3. The lowest BCUT2D eigenvalue weighted by molar-refractivity contribution is -0.137. The summed E-state index contributed by atoms with van der Waals surface area (Å²) in [7, 11) is 1.65. The molecule has 0 saturated carbocycles. The predicted octanol–water partition coefficient (Wildman–Crippen LogP) is 4.43. The van der Waals surface area contributed by atoms with Crippen LogP contribution >= 0.6 is 24.0 Å². The van der Waals surface area contributed by atoms with Crippen molar-refractivity contribution in [1.29, 1.82) is 0 Å². The average Bonchev–Trinajstić information content (AvgIpc) is 3.22. The molecular formula is C21H23F3IN5. The van der Waals surface area contributed by atoms with Crippen LogP contribution in [0.2, 0.25) is 0 Å². The SMILES string of the molecule is CN=C(NCc1ccc(C(F)(F)F)cc1)NCc1ccccc1Cn1cccn1.I. The van der Waals surface area contributed by atoms with E-state index in [-0.39, 0.29) is 24.0 Å². The van der Waals surface area contributed by atoms with E-state index in [4.69, 9.17) is 0 Å². The van der Waals surface area contributed by atoms with Crippen molar-refractivity contribution in [2.45, 2.75) is 25.8 Å². The molecule has 2 aromatic carbocycles. The Morgan fingerprint density at radius 1 is 0.967 bits per heavy atom. The third-order valence-corrected chi connectivity index (χ3v) is 4.42. The van der Waals surface area contributed by atoms with Crippen molar-refractivity contribution in [3.8, 4) is 0 Å². The Bertz CT molecular complexity index is 938. The lowest BCUT2D eigenvalue weighted by Crippen LogP contribution is -2.36. The lowest BCUT2D eigenvalue weighted by atomic mass is 10.1. The second kappa shape index (κ2) is 11.0. The molecule has 5 nitrogen and oxygen atoms in total. The molecule has 3 rings (SSSR count). The second-order valence-electron chi connectivity index (χ2n) is 6.45. The van der Waals surface area contributed by atoms with Crippen LogP contribution in [0, 0.1) is 0 Å². The highest BCUT2D eigenvalue weighted by Crippen LogP contribution is 2.29. The quantitative estimate of drug-likeness (QED) is 0.282. The van der Waals surface area contributed by atoms with E-state index in [0.29, 0.717) is 25.6 Å². The standard InChI is InChI=1S/C21H22F3N5.HI/c1-25-20(26-13-16-7-9-19(10-8-16)21(22,23)24)27-14-17-5-2-3-6-18(17)15-29-12-4-11-28-29;/h2-12H,13-15H2,1H3,(H2,25,26,27);1H. The number of benzene rings is 2. The summed E-state index contributed by atoms with van der Waals surface area (Å²) in [5.74, 6) is 0.568. The number of guanidine groups is 1. The highest BCUT2D eigenvalue weighted by atomic mass is 127. The van der Waals surface area contributed by atoms with Gasteiger partial charge in [-0.3, -0.25) is 9.67 Å². The third-order valence-electron chi connectivity index (χ3n) is 4.42. The molecule has 30 heavy (non-hydrogen) atoms. The summed E-state index contributed by atoms with van der Waals surface area (Å²) >= 11 is 0. The number of hydrogen-bond donors (Lipinski definition) is 2. The van der Waals surface area contributed by atoms with Gasteiger partial charge in [0.1, 0.15) is 0 Å². The fourth-order valence-corrected chi connectivity index (χ4v) is 2.85. The molecule has 0 bridgehead atoms. The summed E-state index contributed by atoms with van der Waals surface area (Å²) in [5, 5.41) is 10.6. The van der Waals surface area contributed by atoms with E-state index in [2.05, 4.69) is 26.8 Å². The molecular weight excluding hydrogens is 506 g/mol. The topological polar surface area (TPSA) is 54.2 Å². The van der Waals surface area contributed by atoms with Crippen LogP contribution in [0.25, 0.3) is 0 Å². The summed E-state index contributed by atoms with van der Waals surface area (Å²) < 4.78 is 39.8. The van der Waals surface area contributed by atoms with Gasteiger partial charge in [-0.15, -0.1) is 24.0 Å². The maximum atomic E-state index is 12.7. The predicted molar refractivity (Wildman–Crippen MR) is 122 cm³/mol. The first-order valence-electron chi connectivity index (χ1n) is 9.10. The number of nitrogens with one attached hydrogen (secondary N) is 2. The maximum Gasteiger partial charge on any atom is 0.416 e. The van der Waals surface area contributed by atoms with E-state index >= 15 is 0 Å². The Morgan fingerprint density at radius 2 is 1.63 bits per heavy atom. The van der Waals surface area contributed by atoms with Gasteiger partial charge in [0, 0.05) is 32.5 Å². The summed E-state index contributed by atoms with van der Waals surface area (Å²) in [4.78, 5) is 4.18. The molecule has 0 saturated heterocycles. The molecule has 0 aliphatic heterocycles. The molecule has 0 radical (unpaired) electrons. The summed E-state index contributed by atoms with van der Waals surface area (Å²) in [6, 6.07) is 15.0. The summed E-state index contributed by atoms with van der Waals surface area (Å²) in [5.41, 5.74) is 2.33. The van der Waals surface area contributed by atoms with Crippen LogP contribution < -0.4 is 10.6 Å². The van der Waals surface area contributed by atoms with Crippen LogP contribution in [0.1, 0.15) is 22.3 Å². The molecule has 0 amide bonds. The van der Waals surface area contributed by atoms with Gasteiger partial charge in [-0.1, -0.05) is 36.4 Å². The maximum absolute atomic E-state index is 12.7. The van der Waals surface area contributed by atoms with Crippen LogP contribution in [0.3, 0.4) is 0 Å². The van der Waals surface area contributed by atoms with Crippen molar-refractivity contribution in [2.24, 2.45) is 4.99 Å². The van der Waals surface area contributed by atoms with E-state index < -0.39 is 11.7 Å². The van der Waals surface area contributed by atoms with Crippen molar-refractivity contribution in [2.75, 3.05) is 7.05 Å². The largest absolute Gasteiger partial charge is 0.416 e. The molecule has 0 fully saturated rings. The normalized spacial score (nSPS) is 11.7. The summed E-state index contributed by atoms with van der Waals surface area (Å²) in [6.07, 6.45) is -0.671. The number of nitrogens with zero attached hydrogens (tertiary/aromatic N) is 3. The molecule has 1 aromatic heterocycles. The smallest absolute Gasteiger partial charge is 0.352 e. The van der Waals surface area contributed by atoms with Crippen molar-refractivity contribution >= 4 is 29.9 Å². The molecule has 3 aromatic rings. The van der Waals surface area contributed by atoms with Crippen molar-refractivity contribution in [1.82, 2.24) is 20.4 Å². The highest BCUT2D eigenvalue weighted by molar-refractivity contribution is 14.0. The minimum absolute atomic E-state index is 0. The van der Waals surface area contributed by atoms with Gasteiger partial charge in [-0.25, -0.2) is 0 Å². The van der Waals surface area contributed by atoms with Crippen LogP contribution in [-0.2, 0) is 25.8 Å². The van der Waals surface area contributed by atoms with Crippen LogP contribution in [0.4, 0.5) is 13.2 Å². The van der Waals surface area contributed by atoms with Gasteiger partial charge in [0.25, 0.3) is 0 Å². The van der Waals surface area contributed by atoms with Crippen molar-refractivity contribution in [3.63, 3.8) is 0 Å². The fourth-order valence-electron chi connectivity index (χ4n) is 2.85. The molecule has 0 atom stereocenters. The molecule has 0 spiro atoms. The van der Waals surface area contributed by atoms with Crippen LogP contribution in [-0.4, -0.2) is 22.8 Å². The molecule has 1 heterocycles. The zero-order valence-electron chi connectivity index (χ0n) is 16.4.